The van der Waals surface area contributed by atoms with E-state index in [9.17, 15) is 14.6 Å². The van der Waals surface area contributed by atoms with Crippen molar-refractivity contribution in [3.05, 3.63) is 29.6 Å². The summed E-state index contributed by atoms with van der Waals surface area (Å²) in [7, 11) is 0. The largest absolute Gasteiger partial charge is 0.508 e. The van der Waals surface area contributed by atoms with Gasteiger partial charge in [0.1, 0.15) is 11.6 Å². The smallest absolute Gasteiger partial charge is 0.161 e. The third-order valence-corrected chi connectivity index (χ3v) is 3.30. The highest BCUT2D eigenvalue weighted by molar-refractivity contribution is 5.33. The Balaban J connectivity index is 1.96. The van der Waals surface area contributed by atoms with Gasteiger partial charge in [0.15, 0.2) is 6.29 Å². The minimum Gasteiger partial charge on any atom is -0.508 e. The van der Waals surface area contributed by atoms with E-state index < -0.39 is 17.7 Å². The lowest BCUT2D eigenvalue weighted by atomic mass is 9.84. The van der Waals surface area contributed by atoms with Gasteiger partial charge in [-0.3, -0.25) is 0 Å². The minimum atomic E-state index is -1.19. The van der Waals surface area contributed by atoms with Gasteiger partial charge in [0, 0.05) is 18.9 Å². The first kappa shape index (κ1) is 11.0. The number of ether oxygens (including phenoxy) is 2. The SMILES string of the molecule is Oc1cc(F)cc([C@@]2(O)CC3COC(C2)O3)c1. The molecule has 0 radical (unpaired) electrons. The number of halogens is 1. The molecule has 0 aliphatic carbocycles. The van der Waals surface area contributed by atoms with E-state index in [1.54, 1.807) is 0 Å². The Kier molecular flexibility index (Phi) is 2.36. The summed E-state index contributed by atoms with van der Waals surface area (Å²) in [4.78, 5) is 0. The molecule has 2 aliphatic rings. The van der Waals surface area contributed by atoms with Crippen LogP contribution in [0.3, 0.4) is 0 Å². The molecule has 3 atom stereocenters. The first-order chi connectivity index (χ1) is 8.05. The number of hydrogen-bond donors (Lipinski definition) is 2. The monoisotopic (exact) mass is 240 g/mol. The molecule has 1 aromatic carbocycles. The van der Waals surface area contributed by atoms with Crippen LogP contribution in [-0.2, 0) is 15.1 Å². The van der Waals surface area contributed by atoms with Crippen molar-refractivity contribution in [1.29, 1.82) is 0 Å². The summed E-state index contributed by atoms with van der Waals surface area (Å²) in [6.07, 6.45) is 0.00650. The van der Waals surface area contributed by atoms with E-state index in [2.05, 4.69) is 0 Å². The molecule has 4 nitrogen and oxygen atoms in total. The van der Waals surface area contributed by atoms with Gasteiger partial charge in [-0.15, -0.1) is 0 Å². The summed E-state index contributed by atoms with van der Waals surface area (Å²) in [5.41, 5.74) is -0.817. The zero-order valence-electron chi connectivity index (χ0n) is 9.10. The van der Waals surface area contributed by atoms with Gasteiger partial charge in [-0.2, -0.15) is 0 Å². The number of aromatic hydroxyl groups is 1. The van der Waals surface area contributed by atoms with Gasteiger partial charge >= 0.3 is 0 Å². The molecule has 2 heterocycles. The van der Waals surface area contributed by atoms with Crippen molar-refractivity contribution >= 4 is 0 Å². The van der Waals surface area contributed by atoms with Crippen LogP contribution in [0.1, 0.15) is 18.4 Å². The fourth-order valence-corrected chi connectivity index (χ4v) is 2.54. The van der Waals surface area contributed by atoms with Crippen LogP contribution in [0.4, 0.5) is 4.39 Å². The second-order valence-electron chi connectivity index (χ2n) is 4.66. The lowest BCUT2D eigenvalue weighted by Gasteiger charge is -2.35. The number of phenols is 1. The lowest BCUT2D eigenvalue weighted by Crippen LogP contribution is -2.39. The fourth-order valence-electron chi connectivity index (χ4n) is 2.54. The van der Waals surface area contributed by atoms with Gasteiger partial charge in [-0.1, -0.05) is 0 Å². The zero-order chi connectivity index (χ0) is 12.0. The molecule has 0 aromatic heterocycles. The molecule has 5 heteroatoms. The van der Waals surface area contributed by atoms with Crippen molar-refractivity contribution in [2.45, 2.75) is 30.8 Å². The van der Waals surface area contributed by atoms with Crippen LogP contribution in [0.5, 0.6) is 5.75 Å². The molecule has 0 saturated carbocycles. The molecule has 0 amide bonds. The highest BCUT2D eigenvalue weighted by Crippen LogP contribution is 2.41. The maximum Gasteiger partial charge on any atom is 0.161 e. The average molecular weight is 240 g/mol. The summed E-state index contributed by atoms with van der Waals surface area (Å²) in [5.74, 6) is -0.749. The zero-order valence-corrected chi connectivity index (χ0v) is 9.10. The molecule has 2 fully saturated rings. The topological polar surface area (TPSA) is 58.9 Å². The second kappa shape index (κ2) is 3.66. The summed E-state index contributed by atoms with van der Waals surface area (Å²) in [6.45, 7) is 0.453. The van der Waals surface area contributed by atoms with Crippen LogP contribution in [0.15, 0.2) is 18.2 Å². The number of fused-ring (bicyclic) bond motifs is 2. The molecular weight excluding hydrogens is 227 g/mol. The van der Waals surface area contributed by atoms with Crippen LogP contribution in [0.2, 0.25) is 0 Å². The molecule has 1 aromatic rings. The molecule has 3 rings (SSSR count). The van der Waals surface area contributed by atoms with Crippen molar-refractivity contribution in [3.8, 4) is 5.75 Å². The van der Waals surface area contributed by atoms with Crippen LogP contribution in [-0.4, -0.2) is 29.2 Å². The molecule has 2 bridgehead atoms. The van der Waals surface area contributed by atoms with Crippen molar-refractivity contribution in [1.82, 2.24) is 0 Å². The molecule has 2 N–H and O–H groups in total. The van der Waals surface area contributed by atoms with Crippen molar-refractivity contribution in [2.24, 2.45) is 0 Å². The van der Waals surface area contributed by atoms with Crippen LogP contribution in [0, 0.1) is 5.82 Å². The highest BCUT2D eigenvalue weighted by atomic mass is 19.1. The highest BCUT2D eigenvalue weighted by Gasteiger charge is 2.45. The Labute approximate surface area is 97.6 Å². The number of hydrogen-bond acceptors (Lipinski definition) is 4. The Morgan fingerprint density at radius 1 is 1.29 bits per heavy atom. The third-order valence-electron chi connectivity index (χ3n) is 3.30. The van der Waals surface area contributed by atoms with Gasteiger partial charge in [0.25, 0.3) is 0 Å². The molecular formula is C12H13FO4. The number of benzene rings is 1. The van der Waals surface area contributed by atoms with E-state index in [0.717, 1.165) is 6.07 Å². The van der Waals surface area contributed by atoms with E-state index in [1.165, 1.54) is 12.1 Å². The van der Waals surface area contributed by atoms with Crippen LogP contribution < -0.4 is 0 Å². The fraction of sp³-hybridized carbons (Fsp3) is 0.500. The Morgan fingerprint density at radius 3 is 2.82 bits per heavy atom. The summed E-state index contributed by atoms with van der Waals surface area (Å²) < 4.78 is 24.0. The third kappa shape index (κ3) is 1.90. The quantitative estimate of drug-likeness (QED) is 0.775. The lowest BCUT2D eigenvalue weighted by molar-refractivity contribution is -0.159. The first-order valence-electron chi connectivity index (χ1n) is 5.55. The number of rotatable bonds is 1. The predicted octanol–water partition coefficient (Wildman–Crippen LogP) is 1.25. The summed E-state index contributed by atoms with van der Waals surface area (Å²) >= 11 is 0. The average Bonchev–Trinajstić information content (AvgIpc) is 2.57. The molecule has 2 aliphatic heterocycles. The minimum absolute atomic E-state index is 0.163. The van der Waals surface area contributed by atoms with Gasteiger partial charge in [-0.05, 0) is 17.7 Å². The van der Waals surface area contributed by atoms with E-state index in [0.29, 0.717) is 18.6 Å². The standard InChI is InChI=1S/C12H13FO4/c13-8-1-7(2-9(14)3-8)12(15)4-10-6-16-11(5-12)17-10/h1-3,10-11,14-15H,4-6H2/t10?,11?,12-/m1/s1. The summed E-state index contributed by atoms with van der Waals surface area (Å²) in [5, 5.41) is 19.9. The van der Waals surface area contributed by atoms with Crippen molar-refractivity contribution < 1.29 is 24.1 Å². The van der Waals surface area contributed by atoms with E-state index in [4.69, 9.17) is 9.47 Å². The molecule has 17 heavy (non-hydrogen) atoms. The Bertz CT molecular complexity index is 416. The first-order valence-corrected chi connectivity index (χ1v) is 5.55. The van der Waals surface area contributed by atoms with Gasteiger partial charge < -0.3 is 19.7 Å². The van der Waals surface area contributed by atoms with Crippen LogP contribution in [0.25, 0.3) is 0 Å². The normalized spacial score (nSPS) is 36.1. The maximum atomic E-state index is 13.2. The van der Waals surface area contributed by atoms with Gasteiger partial charge in [0.05, 0.1) is 18.3 Å². The van der Waals surface area contributed by atoms with Gasteiger partial charge in [-0.25, -0.2) is 4.39 Å². The van der Waals surface area contributed by atoms with Crippen LogP contribution >= 0.6 is 0 Å². The van der Waals surface area contributed by atoms with E-state index in [-0.39, 0.29) is 18.3 Å². The molecule has 92 valence electrons. The maximum absolute atomic E-state index is 13.2. The second-order valence-corrected chi connectivity index (χ2v) is 4.66. The Hall–Kier alpha value is -1.17. The number of aliphatic hydroxyl groups is 1. The van der Waals surface area contributed by atoms with E-state index >= 15 is 0 Å². The summed E-state index contributed by atoms with van der Waals surface area (Å²) in [6, 6.07) is 3.63. The Morgan fingerprint density at radius 2 is 2.12 bits per heavy atom. The molecule has 2 saturated heterocycles. The number of phenolic OH excluding ortho intramolecular Hbond substituents is 1. The predicted molar refractivity (Wildman–Crippen MR) is 55.8 cm³/mol. The van der Waals surface area contributed by atoms with Crippen molar-refractivity contribution in [3.63, 3.8) is 0 Å². The molecule has 0 spiro atoms. The van der Waals surface area contributed by atoms with Gasteiger partial charge in [0.2, 0.25) is 0 Å². The van der Waals surface area contributed by atoms with E-state index in [1.807, 2.05) is 0 Å². The van der Waals surface area contributed by atoms with Crippen molar-refractivity contribution in [2.75, 3.05) is 6.61 Å². The molecule has 2 unspecified atom stereocenters.